The lowest BCUT2D eigenvalue weighted by atomic mass is 10.0. The fraction of sp³-hybridized carbons (Fsp3) is 0.176. The number of hydrogen-bond donors (Lipinski definition) is 3. The maximum Gasteiger partial charge on any atom is 0.164 e. The van der Waals surface area contributed by atoms with Gasteiger partial charge in [-0.1, -0.05) is 0 Å². The minimum atomic E-state index is -0.350. The summed E-state index contributed by atoms with van der Waals surface area (Å²) in [6.07, 6.45) is 0. The van der Waals surface area contributed by atoms with Crippen LogP contribution < -0.4 is 31.2 Å². The van der Waals surface area contributed by atoms with Gasteiger partial charge in [-0.25, -0.2) is 4.39 Å². The number of hydrogen-bond acceptors (Lipinski definition) is 6. The summed E-state index contributed by atoms with van der Waals surface area (Å²) in [5.41, 5.74) is 10.8. The molecule has 24 heavy (non-hydrogen) atoms. The van der Waals surface area contributed by atoms with Crippen molar-refractivity contribution in [1.29, 1.82) is 0 Å². The molecular formula is C17H20FN3O3. The standard InChI is InChI=1S/C17H20FN3O3/c1-22-13-9-15(24-3)14(23-2)8-12(13)16(19)17(21-20)10-4-6-11(18)7-5-10/h4-9,21H,19-20H2,1-3H3/b17-16-. The number of hydrazine groups is 1. The van der Waals surface area contributed by atoms with E-state index in [2.05, 4.69) is 5.43 Å². The highest BCUT2D eigenvalue weighted by Gasteiger charge is 2.17. The van der Waals surface area contributed by atoms with Crippen LogP contribution in [0.1, 0.15) is 11.1 Å². The van der Waals surface area contributed by atoms with Crippen molar-refractivity contribution in [3.05, 3.63) is 53.3 Å². The Morgan fingerprint density at radius 1 is 0.917 bits per heavy atom. The number of benzene rings is 2. The molecule has 5 N–H and O–H groups in total. The van der Waals surface area contributed by atoms with Crippen molar-refractivity contribution < 1.29 is 18.6 Å². The lowest BCUT2D eigenvalue weighted by Gasteiger charge is -2.17. The average Bonchev–Trinajstić information content (AvgIpc) is 2.62. The van der Waals surface area contributed by atoms with Crippen LogP contribution in [0.25, 0.3) is 11.4 Å². The monoisotopic (exact) mass is 333 g/mol. The third kappa shape index (κ3) is 3.36. The Balaban J connectivity index is 2.64. The number of nitrogens with two attached hydrogens (primary N) is 2. The maximum atomic E-state index is 13.1. The zero-order chi connectivity index (χ0) is 17.7. The molecule has 0 saturated heterocycles. The summed E-state index contributed by atoms with van der Waals surface area (Å²) in [5.74, 6) is 6.76. The van der Waals surface area contributed by atoms with Gasteiger partial charge in [-0.05, 0) is 30.3 Å². The lowest BCUT2D eigenvalue weighted by Crippen LogP contribution is -2.23. The van der Waals surface area contributed by atoms with E-state index in [-0.39, 0.29) is 5.82 Å². The SMILES string of the molecule is COc1cc(OC)c(/C(N)=C(/NN)c2ccc(F)cc2)cc1OC. The molecule has 7 heteroatoms. The van der Waals surface area contributed by atoms with Crippen molar-refractivity contribution in [2.45, 2.75) is 0 Å². The molecule has 0 aliphatic heterocycles. The second kappa shape index (κ2) is 7.56. The third-order valence-electron chi connectivity index (χ3n) is 3.54. The van der Waals surface area contributed by atoms with Gasteiger partial charge in [-0.15, -0.1) is 0 Å². The van der Waals surface area contributed by atoms with Gasteiger partial charge in [0.2, 0.25) is 0 Å². The van der Waals surface area contributed by atoms with E-state index in [1.807, 2.05) is 0 Å². The maximum absolute atomic E-state index is 13.1. The first-order chi connectivity index (χ1) is 11.5. The molecule has 0 spiro atoms. The molecule has 128 valence electrons. The summed E-state index contributed by atoms with van der Waals surface area (Å²) in [7, 11) is 4.57. The van der Waals surface area contributed by atoms with Gasteiger partial charge >= 0.3 is 0 Å². The van der Waals surface area contributed by atoms with E-state index in [4.69, 9.17) is 25.8 Å². The van der Waals surface area contributed by atoms with Crippen LogP contribution in [0.4, 0.5) is 4.39 Å². The Kier molecular flexibility index (Phi) is 5.49. The van der Waals surface area contributed by atoms with Crippen molar-refractivity contribution in [2.75, 3.05) is 21.3 Å². The summed E-state index contributed by atoms with van der Waals surface area (Å²) >= 11 is 0. The van der Waals surface area contributed by atoms with Gasteiger partial charge in [-0.3, -0.25) is 5.84 Å². The lowest BCUT2D eigenvalue weighted by molar-refractivity contribution is 0.348. The highest BCUT2D eigenvalue weighted by molar-refractivity contribution is 5.90. The van der Waals surface area contributed by atoms with Crippen molar-refractivity contribution in [1.82, 2.24) is 5.43 Å². The van der Waals surface area contributed by atoms with Crippen LogP contribution in [0.3, 0.4) is 0 Å². The second-order valence-electron chi connectivity index (χ2n) is 4.85. The van der Waals surface area contributed by atoms with Crippen LogP contribution in [-0.4, -0.2) is 21.3 Å². The van der Waals surface area contributed by atoms with E-state index in [0.717, 1.165) is 0 Å². The van der Waals surface area contributed by atoms with Crippen LogP contribution in [0.15, 0.2) is 36.4 Å². The van der Waals surface area contributed by atoms with Crippen molar-refractivity contribution in [3.8, 4) is 17.2 Å². The summed E-state index contributed by atoms with van der Waals surface area (Å²) in [6, 6.07) is 9.15. The molecule has 0 aromatic heterocycles. The van der Waals surface area contributed by atoms with Crippen LogP contribution in [-0.2, 0) is 0 Å². The zero-order valence-corrected chi connectivity index (χ0v) is 13.7. The topological polar surface area (TPSA) is 91.8 Å². The van der Waals surface area contributed by atoms with Crippen LogP contribution in [0, 0.1) is 5.82 Å². The molecular weight excluding hydrogens is 313 g/mol. The van der Waals surface area contributed by atoms with E-state index < -0.39 is 0 Å². The first-order valence-electron chi connectivity index (χ1n) is 7.08. The summed E-state index contributed by atoms with van der Waals surface area (Å²) in [6.45, 7) is 0. The smallest absolute Gasteiger partial charge is 0.164 e. The van der Waals surface area contributed by atoms with Crippen LogP contribution >= 0.6 is 0 Å². The molecule has 6 nitrogen and oxygen atoms in total. The van der Waals surface area contributed by atoms with E-state index in [0.29, 0.717) is 39.8 Å². The summed E-state index contributed by atoms with van der Waals surface area (Å²) < 4.78 is 29.1. The van der Waals surface area contributed by atoms with Gasteiger partial charge < -0.3 is 25.4 Å². The Bertz CT molecular complexity index is 745. The van der Waals surface area contributed by atoms with Crippen LogP contribution in [0.5, 0.6) is 17.2 Å². The predicted molar refractivity (Wildman–Crippen MR) is 90.8 cm³/mol. The normalized spacial score (nSPS) is 11.5. The van der Waals surface area contributed by atoms with Gasteiger partial charge in [0.1, 0.15) is 11.6 Å². The molecule has 0 atom stereocenters. The fourth-order valence-electron chi connectivity index (χ4n) is 2.31. The molecule has 0 unspecified atom stereocenters. The van der Waals surface area contributed by atoms with Gasteiger partial charge in [0, 0.05) is 17.2 Å². The predicted octanol–water partition coefficient (Wildman–Crippen LogP) is 2.10. The first kappa shape index (κ1) is 17.4. The number of nitrogens with one attached hydrogen (secondary N) is 1. The van der Waals surface area contributed by atoms with E-state index in [1.165, 1.54) is 33.5 Å². The van der Waals surface area contributed by atoms with Crippen molar-refractivity contribution in [3.63, 3.8) is 0 Å². The molecule has 2 aromatic carbocycles. The Morgan fingerprint density at radius 3 is 1.96 bits per heavy atom. The zero-order valence-electron chi connectivity index (χ0n) is 13.7. The molecule has 0 bridgehead atoms. The van der Waals surface area contributed by atoms with Gasteiger partial charge in [0.15, 0.2) is 11.5 Å². The van der Waals surface area contributed by atoms with Gasteiger partial charge in [-0.2, -0.15) is 0 Å². The highest BCUT2D eigenvalue weighted by atomic mass is 19.1. The molecule has 0 heterocycles. The average molecular weight is 333 g/mol. The largest absolute Gasteiger partial charge is 0.496 e. The van der Waals surface area contributed by atoms with Crippen LogP contribution in [0.2, 0.25) is 0 Å². The molecule has 0 aliphatic carbocycles. The number of halogens is 1. The molecule has 2 rings (SSSR count). The quantitative estimate of drug-likeness (QED) is 0.426. The van der Waals surface area contributed by atoms with E-state index >= 15 is 0 Å². The van der Waals surface area contributed by atoms with Gasteiger partial charge in [0.05, 0.1) is 32.7 Å². The van der Waals surface area contributed by atoms with Crippen molar-refractivity contribution >= 4 is 11.4 Å². The Hall–Kier alpha value is -2.93. The third-order valence-corrected chi connectivity index (χ3v) is 3.54. The van der Waals surface area contributed by atoms with Crippen molar-refractivity contribution in [2.24, 2.45) is 11.6 Å². The fourth-order valence-corrected chi connectivity index (χ4v) is 2.31. The molecule has 0 amide bonds. The minimum absolute atomic E-state index is 0.321. The minimum Gasteiger partial charge on any atom is -0.496 e. The molecule has 0 aliphatic rings. The molecule has 0 saturated carbocycles. The van der Waals surface area contributed by atoms with Gasteiger partial charge in [0.25, 0.3) is 0 Å². The highest BCUT2D eigenvalue weighted by Crippen LogP contribution is 2.38. The second-order valence-corrected chi connectivity index (χ2v) is 4.85. The summed E-state index contributed by atoms with van der Waals surface area (Å²) in [5, 5.41) is 0. The summed E-state index contributed by atoms with van der Waals surface area (Å²) in [4.78, 5) is 0. The number of rotatable bonds is 6. The van der Waals surface area contributed by atoms with E-state index in [1.54, 1.807) is 24.3 Å². The Labute approximate surface area is 139 Å². The molecule has 2 aromatic rings. The molecule has 0 radical (unpaired) electrons. The number of methoxy groups -OCH3 is 3. The Morgan fingerprint density at radius 2 is 1.46 bits per heavy atom. The number of ether oxygens (including phenoxy) is 3. The van der Waals surface area contributed by atoms with E-state index in [9.17, 15) is 4.39 Å². The first-order valence-corrected chi connectivity index (χ1v) is 7.08. The molecule has 0 fully saturated rings.